The Morgan fingerprint density at radius 1 is 1.17 bits per heavy atom. The number of nitrogens with one attached hydrogen (secondary N) is 2. The predicted octanol–water partition coefficient (Wildman–Crippen LogP) is 4.32. The Balaban J connectivity index is 1.88. The minimum absolute atomic E-state index is 0.0632. The van der Waals surface area contributed by atoms with E-state index in [-0.39, 0.29) is 5.57 Å². The lowest BCUT2D eigenvalue weighted by atomic mass is 10.1. The molecular formula is C18H12IN3O. The molecule has 0 atom stereocenters. The minimum Gasteiger partial charge on any atom is -0.361 e. The average Bonchev–Trinajstić information content (AvgIpc) is 2.97. The summed E-state index contributed by atoms with van der Waals surface area (Å²) in [6.07, 6.45) is 3.39. The quantitative estimate of drug-likeness (QED) is 0.382. The van der Waals surface area contributed by atoms with Crippen LogP contribution in [-0.4, -0.2) is 10.9 Å². The summed E-state index contributed by atoms with van der Waals surface area (Å²) in [5, 5.41) is 13.0. The summed E-state index contributed by atoms with van der Waals surface area (Å²) < 4.78 is 1.08. The van der Waals surface area contributed by atoms with Gasteiger partial charge in [0.25, 0.3) is 5.91 Å². The molecule has 0 bridgehead atoms. The number of carbonyl (C=O) groups excluding carboxylic acids is 1. The summed E-state index contributed by atoms with van der Waals surface area (Å²) in [5.41, 5.74) is 2.51. The summed E-state index contributed by atoms with van der Waals surface area (Å²) in [5.74, 6) is -0.418. The Kier molecular flexibility index (Phi) is 4.44. The maximum atomic E-state index is 12.3. The first-order valence-electron chi connectivity index (χ1n) is 6.92. The van der Waals surface area contributed by atoms with Crippen molar-refractivity contribution in [1.29, 1.82) is 5.26 Å². The number of amides is 1. The number of anilines is 1. The second kappa shape index (κ2) is 6.67. The number of hydrogen-bond donors (Lipinski definition) is 2. The van der Waals surface area contributed by atoms with Gasteiger partial charge in [-0.15, -0.1) is 0 Å². The van der Waals surface area contributed by atoms with Gasteiger partial charge in [-0.1, -0.05) is 18.2 Å². The maximum absolute atomic E-state index is 12.3. The van der Waals surface area contributed by atoms with E-state index in [4.69, 9.17) is 0 Å². The van der Waals surface area contributed by atoms with Gasteiger partial charge in [-0.2, -0.15) is 5.26 Å². The zero-order chi connectivity index (χ0) is 16.2. The number of H-pyrrole nitrogens is 1. The highest BCUT2D eigenvalue weighted by Crippen LogP contribution is 2.21. The van der Waals surface area contributed by atoms with Crippen LogP contribution in [0.15, 0.2) is 60.3 Å². The van der Waals surface area contributed by atoms with E-state index in [2.05, 4.69) is 32.9 Å². The molecule has 1 aromatic heterocycles. The summed E-state index contributed by atoms with van der Waals surface area (Å²) >= 11 is 2.19. The highest BCUT2D eigenvalue weighted by atomic mass is 127. The number of para-hydroxylation sites is 1. The van der Waals surface area contributed by atoms with Gasteiger partial charge in [-0.3, -0.25) is 4.79 Å². The van der Waals surface area contributed by atoms with E-state index in [0.717, 1.165) is 20.0 Å². The molecule has 0 unspecified atom stereocenters. The summed E-state index contributed by atoms with van der Waals surface area (Å²) in [7, 11) is 0. The number of benzene rings is 2. The van der Waals surface area contributed by atoms with Crippen LogP contribution in [0.25, 0.3) is 17.0 Å². The third kappa shape index (κ3) is 3.43. The smallest absolute Gasteiger partial charge is 0.266 e. The van der Waals surface area contributed by atoms with E-state index in [1.165, 1.54) is 0 Å². The molecule has 2 N–H and O–H groups in total. The van der Waals surface area contributed by atoms with Crippen LogP contribution in [0.5, 0.6) is 0 Å². The highest BCUT2D eigenvalue weighted by Gasteiger charge is 2.11. The summed E-state index contributed by atoms with van der Waals surface area (Å²) in [4.78, 5) is 15.4. The normalized spacial score (nSPS) is 11.2. The molecule has 1 amide bonds. The third-order valence-electron chi connectivity index (χ3n) is 3.39. The van der Waals surface area contributed by atoms with Crippen molar-refractivity contribution in [2.75, 3.05) is 5.32 Å². The van der Waals surface area contributed by atoms with Crippen LogP contribution < -0.4 is 5.32 Å². The van der Waals surface area contributed by atoms with Gasteiger partial charge in [0.2, 0.25) is 0 Å². The fourth-order valence-electron chi connectivity index (χ4n) is 2.25. The molecule has 0 aliphatic rings. The Bertz CT molecular complexity index is 933. The number of aromatic nitrogens is 1. The molecule has 1 heterocycles. The molecule has 0 aliphatic heterocycles. The van der Waals surface area contributed by atoms with E-state index in [0.29, 0.717) is 5.69 Å². The van der Waals surface area contributed by atoms with Gasteiger partial charge in [-0.25, -0.2) is 0 Å². The topological polar surface area (TPSA) is 68.7 Å². The number of carbonyl (C=O) groups is 1. The molecule has 0 saturated heterocycles. The first-order valence-corrected chi connectivity index (χ1v) is 8.00. The lowest BCUT2D eigenvalue weighted by Crippen LogP contribution is -2.13. The number of fused-ring (bicyclic) bond motifs is 1. The van der Waals surface area contributed by atoms with Crippen molar-refractivity contribution in [3.63, 3.8) is 0 Å². The molecule has 0 spiro atoms. The molecule has 4 nitrogen and oxygen atoms in total. The van der Waals surface area contributed by atoms with Crippen LogP contribution in [0.3, 0.4) is 0 Å². The van der Waals surface area contributed by atoms with Crippen molar-refractivity contribution in [2.45, 2.75) is 0 Å². The van der Waals surface area contributed by atoms with E-state index in [9.17, 15) is 10.1 Å². The average molecular weight is 413 g/mol. The van der Waals surface area contributed by atoms with Crippen LogP contribution in [0.1, 0.15) is 5.56 Å². The van der Waals surface area contributed by atoms with E-state index in [1.807, 2.05) is 42.5 Å². The van der Waals surface area contributed by atoms with E-state index >= 15 is 0 Å². The molecule has 0 aliphatic carbocycles. The third-order valence-corrected chi connectivity index (χ3v) is 4.11. The van der Waals surface area contributed by atoms with Gasteiger partial charge in [0.15, 0.2) is 0 Å². The second-order valence-electron chi connectivity index (χ2n) is 4.92. The lowest BCUT2D eigenvalue weighted by Gasteiger charge is -2.04. The monoisotopic (exact) mass is 413 g/mol. The molecule has 3 aromatic rings. The molecule has 0 fully saturated rings. The Morgan fingerprint density at radius 2 is 1.91 bits per heavy atom. The van der Waals surface area contributed by atoms with Gasteiger partial charge in [-0.05, 0) is 59.0 Å². The van der Waals surface area contributed by atoms with Gasteiger partial charge >= 0.3 is 0 Å². The Morgan fingerprint density at radius 3 is 2.65 bits per heavy atom. The molecule has 0 radical (unpaired) electrons. The number of halogens is 1. The zero-order valence-electron chi connectivity index (χ0n) is 12.0. The molecular weight excluding hydrogens is 401 g/mol. The number of hydrogen-bond acceptors (Lipinski definition) is 2. The van der Waals surface area contributed by atoms with Crippen molar-refractivity contribution in [3.8, 4) is 6.07 Å². The van der Waals surface area contributed by atoms with Crippen molar-refractivity contribution in [3.05, 3.63) is 69.4 Å². The van der Waals surface area contributed by atoms with Gasteiger partial charge < -0.3 is 10.3 Å². The molecule has 3 rings (SSSR count). The fraction of sp³-hybridized carbons (Fsp3) is 0. The van der Waals surface area contributed by atoms with E-state index < -0.39 is 5.91 Å². The maximum Gasteiger partial charge on any atom is 0.266 e. The lowest BCUT2D eigenvalue weighted by molar-refractivity contribution is -0.112. The molecule has 23 heavy (non-hydrogen) atoms. The Hall–Kier alpha value is -2.59. The summed E-state index contributed by atoms with van der Waals surface area (Å²) in [6.45, 7) is 0. The van der Waals surface area contributed by atoms with Crippen LogP contribution in [-0.2, 0) is 4.79 Å². The Labute approximate surface area is 147 Å². The number of nitrogens with zero attached hydrogens (tertiary/aromatic N) is 1. The largest absolute Gasteiger partial charge is 0.361 e. The number of nitriles is 1. The van der Waals surface area contributed by atoms with Crippen LogP contribution in [0, 0.1) is 14.9 Å². The fourth-order valence-corrected chi connectivity index (χ4v) is 2.61. The molecule has 5 heteroatoms. The zero-order valence-corrected chi connectivity index (χ0v) is 14.2. The van der Waals surface area contributed by atoms with Crippen molar-refractivity contribution < 1.29 is 4.79 Å². The van der Waals surface area contributed by atoms with Gasteiger partial charge in [0, 0.05) is 31.9 Å². The first-order chi connectivity index (χ1) is 11.2. The van der Waals surface area contributed by atoms with Crippen molar-refractivity contribution in [2.24, 2.45) is 0 Å². The highest BCUT2D eigenvalue weighted by molar-refractivity contribution is 14.1. The van der Waals surface area contributed by atoms with Crippen LogP contribution in [0.4, 0.5) is 5.69 Å². The van der Waals surface area contributed by atoms with Crippen LogP contribution >= 0.6 is 22.6 Å². The second-order valence-corrected chi connectivity index (χ2v) is 6.17. The van der Waals surface area contributed by atoms with E-state index in [1.54, 1.807) is 24.4 Å². The standard InChI is InChI=1S/C18H12IN3O/c19-14-5-7-15(8-6-14)22-18(23)12(10-20)9-13-11-21-17-4-2-1-3-16(13)17/h1-9,11,21H,(H,22,23)/b12-9-. The number of rotatable bonds is 3. The first kappa shape index (κ1) is 15.3. The van der Waals surface area contributed by atoms with Crippen molar-refractivity contribution in [1.82, 2.24) is 4.98 Å². The summed E-state index contributed by atoms with van der Waals surface area (Å²) in [6, 6.07) is 17.1. The van der Waals surface area contributed by atoms with Crippen LogP contribution in [0.2, 0.25) is 0 Å². The molecule has 112 valence electrons. The van der Waals surface area contributed by atoms with Gasteiger partial charge in [0.1, 0.15) is 11.6 Å². The molecule has 0 saturated carbocycles. The predicted molar refractivity (Wildman–Crippen MR) is 99.7 cm³/mol. The number of aromatic amines is 1. The SMILES string of the molecule is N#C/C(=C/c1c[nH]c2ccccc12)C(=O)Nc1ccc(I)cc1. The van der Waals surface area contributed by atoms with Gasteiger partial charge in [0.05, 0.1) is 0 Å². The minimum atomic E-state index is -0.418. The molecule has 2 aromatic carbocycles. The van der Waals surface area contributed by atoms with Crippen molar-refractivity contribution >= 4 is 51.2 Å².